The number of carbonyl (C=O) groups is 1. The molecule has 2 aromatic carbocycles. The number of rotatable bonds is 7. The second-order valence-electron chi connectivity index (χ2n) is 6.92. The first-order valence-corrected chi connectivity index (χ1v) is 11.1. The van der Waals surface area contributed by atoms with Gasteiger partial charge in [0.05, 0.1) is 23.9 Å². The Balaban J connectivity index is 2.09. The Morgan fingerprint density at radius 3 is 2.52 bits per heavy atom. The Hall–Kier alpha value is -3.54. The molecular formula is C21H20F3N3O5S. The van der Waals surface area contributed by atoms with E-state index in [1.165, 1.54) is 32.2 Å². The normalized spacial score (nSPS) is 11.8. The van der Waals surface area contributed by atoms with Gasteiger partial charge >= 0.3 is 6.18 Å². The number of carbonyl (C=O) groups excluding carboxylic acids is 1. The fourth-order valence-corrected chi connectivity index (χ4v) is 4.36. The molecule has 3 rings (SSSR count). The van der Waals surface area contributed by atoms with Crippen molar-refractivity contribution >= 4 is 27.5 Å². The van der Waals surface area contributed by atoms with Crippen molar-refractivity contribution in [2.75, 3.05) is 17.1 Å². The number of amides is 1. The Morgan fingerprint density at radius 2 is 1.91 bits per heavy atom. The van der Waals surface area contributed by atoms with Crippen LogP contribution >= 0.6 is 0 Å². The molecule has 3 aromatic rings. The molecular weight excluding hydrogens is 463 g/mol. The summed E-state index contributed by atoms with van der Waals surface area (Å²) in [6.07, 6.45) is -4.21. The van der Waals surface area contributed by atoms with Crippen LogP contribution in [-0.4, -0.2) is 26.6 Å². The number of alkyl halides is 3. The van der Waals surface area contributed by atoms with Crippen molar-refractivity contribution < 1.29 is 35.6 Å². The highest BCUT2D eigenvalue weighted by molar-refractivity contribution is 7.92. The van der Waals surface area contributed by atoms with E-state index in [0.717, 1.165) is 12.1 Å². The smallest absolute Gasteiger partial charge is 0.416 e. The molecule has 1 heterocycles. The molecule has 2 N–H and O–H groups in total. The van der Waals surface area contributed by atoms with Gasteiger partial charge in [-0.3, -0.25) is 14.8 Å². The number of halogens is 3. The van der Waals surface area contributed by atoms with Crippen LogP contribution in [0.1, 0.15) is 25.1 Å². The van der Waals surface area contributed by atoms with E-state index in [4.69, 9.17) is 9.26 Å². The first-order chi connectivity index (χ1) is 15.5. The lowest BCUT2D eigenvalue weighted by molar-refractivity contribution is -0.137. The average Bonchev–Trinajstić information content (AvgIpc) is 3.14. The number of ether oxygens (including phenoxy) is 1. The lowest BCUT2D eigenvalue weighted by atomic mass is 10.0. The first-order valence-electron chi connectivity index (χ1n) is 9.61. The number of hydrogen-bond acceptors (Lipinski definition) is 6. The minimum absolute atomic E-state index is 0.0335. The van der Waals surface area contributed by atoms with Gasteiger partial charge in [-0.25, -0.2) is 8.42 Å². The summed E-state index contributed by atoms with van der Waals surface area (Å²) >= 11 is 0. The van der Waals surface area contributed by atoms with Crippen LogP contribution in [0.25, 0.3) is 11.1 Å². The quantitative estimate of drug-likeness (QED) is 0.505. The summed E-state index contributed by atoms with van der Waals surface area (Å²) < 4.78 is 77.7. The fourth-order valence-electron chi connectivity index (χ4n) is 3.12. The molecule has 0 radical (unpaired) electrons. The van der Waals surface area contributed by atoms with Gasteiger partial charge in [0, 0.05) is 12.6 Å². The van der Waals surface area contributed by atoms with E-state index in [1.54, 1.807) is 13.0 Å². The zero-order valence-electron chi connectivity index (χ0n) is 17.8. The van der Waals surface area contributed by atoms with Crippen LogP contribution in [0, 0.1) is 0 Å². The van der Waals surface area contributed by atoms with Crippen LogP contribution in [0.5, 0.6) is 5.75 Å². The van der Waals surface area contributed by atoms with Crippen LogP contribution in [0.2, 0.25) is 0 Å². The van der Waals surface area contributed by atoms with E-state index >= 15 is 0 Å². The molecule has 0 fully saturated rings. The summed E-state index contributed by atoms with van der Waals surface area (Å²) in [5.41, 5.74) is -0.0677. The molecule has 1 amide bonds. The van der Waals surface area contributed by atoms with Crippen LogP contribution in [0.3, 0.4) is 0 Å². The Kier molecular flexibility index (Phi) is 6.68. The molecule has 8 nitrogen and oxygen atoms in total. The van der Waals surface area contributed by atoms with Crippen LogP contribution in [0.4, 0.5) is 24.7 Å². The number of aromatic nitrogens is 1. The van der Waals surface area contributed by atoms with E-state index in [1.807, 2.05) is 0 Å². The molecule has 12 heteroatoms. The summed E-state index contributed by atoms with van der Waals surface area (Å²) in [6, 6.07) is 8.04. The molecule has 0 bridgehead atoms. The summed E-state index contributed by atoms with van der Waals surface area (Å²) in [6.45, 7) is 3.08. The number of nitrogens with zero attached hydrogens (tertiary/aromatic N) is 1. The summed E-state index contributed by atoms with van der Waals surface area (Å²) in [5.74, 6) is -0.407. The molecule has 1 aromatic heterocycles. The van der Waals surface area contributed by atoms with Gasteiger partial charge in [-0.05, 0) is 42.3 Å². The molecule has 0 aliphatic carbocycles. The average molecular weight is 483 g/mol. The maximum atomic E-state index is 13.1. The van der Waals surface area contributed by atoms with Crippen molar-refractivity contribution in [3.8, 4) is 16.9 Å². The molecule has 176 valence electrons. The van der Waals surface area contributed by atoms with E-state index < -0.39 is 27.7 Å². The Bertz CT molecular complexity index is 1290. The third-order valence-corrected chi connectivity index (χ3v) is 5.97. The summed E-state index contributed by atoms with van der Waals surface area (Å²) in [7, 11) is -3.11. The summed E-state index contributed by atoms with van der Waals surface area (Å²) in [4.78, 5) is 11.2. The minimum Gasteiger partial charge on any atom is -0.495 e. The third kappa shape index (κ3) is 5.28. The number of anilines is 2. The van der Waals surface area contributed by atoms with E-state index in [0.29, 0.717) is 29.3 Å². The highest BCUT2D eigenvalue weighted by Crippen LogP contribution is 2.37. The van der Waals surface area contributed by atoms with Gasteiger partial charge < -0.3 is 9.26 Å². The van der Waals surface area contributed by atoms with Crippen molar-refractivity contribution in [1.82, 2.24) is 5.16 Å². The van der Waals surface area contributed by atoms with Gasteiger partial charge in [0.25, 0.3) is 10.0 Å². The van der Waals surface area contributed by atoms with Crippen molar-refractivity contribution in [2.24, 2.45) is 0 Å². The lowest BCUT2D eigenvalue weighted by Crippen LogP contribution is -2.15. The van der Waals surface area contributed by atoms with Gasteiger partial charge in [-0.1, -0.05) is 24.2 Å². The number of nitrogens with one attached hydrogen (secondary N) is 2. The zero-order chi connectivity index (χ0) is 24.4. The first kappa shape index (κ1) is 24.1. The van der Waals surface area contributed by atoms with Gasteiger partial charge in [-0.2, -0.15) is 13.2 Å². The number of hydrogen-bond donors (Lipinski definition) is 2. The van der Waals surface area contributed by atoms with E-state index in [-0.39, 0.29) is 22.2 Å². The maximum absolute atomic E-state index is 13.1. The molecule has 0 aliphatic rings. The number of sulfonamides is 1. The Morgan fingerprint density at radius 1 is 1.18 bits per heavy atom. The largest absolute Gasteiger partial charge is 0.495 e. The van der Waals surface area contributed by atoms with Crippen molar-refractivity contribution in [2.45, 2.75) is 31.3 Å². The van der Waals surface area contributed by atoms with Crippen molar-refractivity contribution in [3.63, 3.8) is 0 Å². The molecule has 0 saturated heterocycles. The van der Waals surface area contributed by atoms with Gasteiger partial charge in [0.1, 0.15) is 10.6 Å². The predicted octanol–water partition coefficient (Wildman–Crippen LogP) is 4.69. The number of aryl methyl sites for hydroxylation is 1. The van der Waals surface area contributed by atoms with E-state index in [2.05, 4.69) is 15.2 Å². The van der Waals surface area contributed by atoms with Gasteiger partial charge in [0.15, 0.2) is 0 Å². The molecule has 0 unspecified atom stereocenters. The predicted molar refractivity (Wildman–Crippen MR) is 114 cm³/mol. The molecule has 0 atom stereocenters. The monoisotopic (exact) mass is 483 g/mol. The molecule has 0 spiro atoms. The van der Waals surface area contributed by atoms with Crippen LogP contribution < -0.4 is 14.8 Å². The highest BCUT2D eigenvalue weighted by atomic mass is 32.2. The van der Waals surface area contributed by atoms with E-state index in [9.17, 15) is 26.4 Å². The molecule has 0 saturated carbocycles. The lowest BCUT2D eigenvalue weighted by Gasteiger charge is -2.14. The third-order valence-electron chi connectivity index (χ3n) is 4.57. The van der Waals surface area contributed by atoms with Crippen molar-refractivity contribution in [3.05, 3.63) is 53.7 Å². The molecule has 0 aliphatic heterocycles. The van der Waals surface area contributed by atoms with Gasteiger partial charge in [-0.15, -0.1) is 0 Å². The second-order valence-corrected chi connectivity index (χ2v) is 8.57. The Labute approximate surface area is 187 Å². The standard InChI is InChI=1S/C21H20F3N3O5S/c1-4-16-19(20(32-26-16)25-12(2)28)13-8-9-17(31-3)18(10-13)33(29,30)27-15-7-5-6-14(11-15)21(22,23)24/h5-11,27H,4H2,1-3H3,(H,25,28). The molecule has 33 heavy (non-hydrogen) atoms. The summed E-state index contributed by atoms with van der Waals surface area (Å²) in [5, 5.41) is 6.41. The van der Waals surface area contributed by atoms with Crippen LogP contribution in [0.15, 0.2) is 51.9 Å². The topological polar surface area (TPSA) is 111 Å². The zero-order valence-corrected chi connectivity index (χ0v) is 18.6. The number of benzene rings is 2. The SMILES string of the molecule is CCc1noc(NC(C)=O)c1-c1ccc(OC)c(S(=O)(=O)Nc2cccc(C(F)(F)F)c2)c1. The van der Waals surface area contributed by atoms with Gasteiger partial charge in [0.2, 0.25) is 11.8 Å². The number of methoxy groups -OCH3 is 1. The fraction of sp³-hybridized carbons (Fsp3) is 0.238. The maximum Gasteiger partial charge on any atom is 0.416 e. The van der Waals surface area contributed by atoms with Crippen LogP contribution in [-0.2, 0) is 27.4 Å². The minimum atomic E-state index is -4.63. The highest BCUT2D eigenvalue weighted by Gasteiger charge is 2.31. The van der Waals surface area contributed by atoms with Crippen molar-refractivity contribution in [1.29, 1.82) is 0 Å². The second kappa shape index (κ2) is 9.14.